The largest absolute Gasteiger partial charge is 0.396 e. The van der Waals surface area contributed by atoms with Crippen LogP contribution in [0, 0.1) is 17.8 Å². The molecule has 0 bridgehead atoms. The molecule has 0 aromatic heterocycles. The summed E-state index contributed by atoms with van der Waals surface area (Å²) >= 11 is 0. The van der Waals surface area contributed by atoms with Gasteiger partial charge in [0.1, 0.15) is 0 Å². The van der Waals surface area contributed by atoms with E-state index in [1.807, 2.05) is 27.7 Å². The number of rotatable bonds is 5. The molecule has 2 nitrogen and oxygen atoms in total. The quantitative estimate of drug-likeness (QED) is 0.665. The van der Waals surface area contributed by atoms with Crippen LogP contribution >= 0.6 is 0 Å². The van der Waals surface area contributed by atoms with Crippen LogP contribution in [0.2, 0.25) is 0 Å². The Morgan fingerprint density at radius 3 is 1.92 bits per heavy atom. The zero-order valence-corrected chi connectivity index (χ0v) is 8.62. The van der Waals surface area contributed by atoms with Crippen LogP contribution in [0.5, 0.6) is 0 Å². The fourth-order valence-electron chi connectivity index (χ4n) is 1.51. The molecule has 0 heterocycles. The van der Waals surface area contributed by atoms with E-state index in [4.69, 9.17) is 5.11 Å². The number of aliphatic hydroxyl groups is 2. The average Bonchev–Trinajstić information content (AvgIpc) is 2.02. The first kappa shape index (κ1) is 11.9. The maximum atomic E-state index is 9.66. The predicted molar refractivity (Wildman–Crippen MR) is 50.9 cm³/mol. The van der Waals surface area contributed by atoms with Crippen molar-refractivity contribution in [3.8, 4) is 0 Å². The third-order valence-electron chi connectivity index (χ3n) is 2.35. The summed E-state index contributed by atoms with van der Waals surface area (Å²) in [4.78, 5) is 0. The van der Waals surface area contributed by atoms with Crippen LogP contribution < -0.4 is 0 Å². The molecule has 74 valence electrons. The normalized spacial score (nSPS) is 19.2. The molecule has 12 heavy (non-hydrogen) atoms. The second kappa shape index (κ2) is 5.55. The number of aliphatic hydroxyl groups excluding tert-OH is 2. The van der Waals surface area contributed by atoms with Crippen LogP contribution in [0.3, 0.4) is 0 Å². The standard InChI is InChI=1S/C10H22O2/c1-7(2)10(12)9(4)5-8(3)6-11/h7-12H,5-6H2,1-4H3/t8-,9+,10-/m1/s1. The van der Waals surface area contributed by atoms with Crippen LogP contribution in [0.1, 0.15) is 34.1 Å². The zero-order valence-electron chi connectivity index (χ0n) is 8.62. The number of hydrogen-bond donors (Lipinski definition) is 2. The highest BCUT2D eigenvalue weighted by molar-refractivity contribution is 4.69. The lowest BCUT2D eigenvalue weighted by Gasteiger charge is -2.24. The minimum atomic E-state index is -0.237. The highest BCUT2D eigenvalue weighted by Gasteiger charge is 2.19. The third-order valence-corrected chi connectivity index (χ3v) is 2.35. The Bertz CT molecular complexity index is 112. The van der Waals surface area contributed by atoms with E-state index < -0.39 is 0 Å². The van der Waals surface area contributed by atoms with E-state index in [0.717, 1.165) is 6.42 Å². The maximum absolute atomic E-state index is 9.66. The summed E-state index contributed by atoms with van der Waals surface area (Å²) in [7, 11) is 0. The van der Waals surface area contributed by atoms with Gasteiger partial charge in [-0.2, -0.15) is 0 Å². The fraction of sp³-hybridized carbons (Fsp3) is 1.00. The number of hydrogen-bond acceptors (Lipinski definition) is 2. The van der Waals surface area contributed by atoms with Gasteiger partial charge in [0, 0.05) is 6.61 Å². The molecule has 0 rings (SSSR count). The van der Waals surface area contributed by atoms with Gasteiger partial charge in [-0.05, 0) is 24.2 Å². The highest BCUT2D eigenvalue weighted by Crippen LogP contribution is 2.19. The molecule has 0 saturated carbocycles. The molecular weight excluding hydrogens is 152 g/mol. The van der Waals surface area contributed by atoms with Crippen molar-refractivity contribution in [2.75, 3.05) is 6.61 Å². The minimum Gasteiger partial charge on any atom is -0.396 e. The second-order valence-corrected chi connectivity index (χ2v) is 4.24. The molecule has 0 spiro atoms. The van der Waals surface area contributed by atoms with Gasteiger partial charge in [0.05, 0.1) is 6.10 Å². The SMILES string of the molecule is CC(C)[C@@H](O)[C@@H](C)C[C@@H](C)CO. The first-order valence-electron chi connectivity index (χ1n) is 4.78. The molecule has 0 aromatic carbocycles. The summed E-state index contributed by atoms with van der Waals surface area (Å²) in [5.74, 6) is 0.895. The van der Waals surface area contributed by atoms with Gasteiger partial charge >= 0.3 is 0 Å². The molecule has 0 saturated heterocycles. The third kappa shape index (κ3) is 4.07. The molecule has 0 aliphatic rings. The summed E-state index contributed by atoms with van der Waals surface area (Å²) in [6.07, 6.45) is 0.662. The van der Waals surface area contributed by atoms with Gasteiger partial charge in [-0.3, -0.25) is 0 Å². The van der Waals surface area contributed by atoms with E-state index in [2.05, 4.69) is 0 Å². The van der Waals surface area contributed by atoms with Gasteiger partial charge in [-0.15, -0.1) is 0 Å². The van der Waals surface area contributed by atoms with Crippen LogP contribution in [-0.2, 0) is 0 Å². The van der Waals surface area contributed by atoms with E-state index >= 15 is 0 Å². The molecule has 0 amide bonds. The Morgan fingerprint density at radius 1 is 1.08 bits per heavy atom. The summed E-state index contributed by atoms with van der Waals surface area (Å²) in [6.45, 7) is 8.30. The highest BCUT2D eigenvalue weighted by atomic mass is 16.3. The zero-order chi connectivity index (χ0) is 9.72. The molecule has 0 radical (unpaired) electrons. The van der Waals surface area contributed by atoms with Crippen LogP contribution in [0.4, 0.5) is 0 Å². The molecule has 3 atom stereocenters. The maximum Gasteiger partial charge on any atom is 0.0588 e. The first-order chi connectivity index (χ1) is 5.49. The van der Waals surface area contributed by atoms with Gasteiger partial charge in [0.25, 0.3) is 0 Å². The molecule has 0 unspecified atom stereocenters. The van der Waals surface area contributed by atoms with E-state index in [9.17, 15) is 5.11 Å². The average molecular weight is 174 g/mol. The van der Waals surface area contributed by atoms with Crippen molar-refractivity contribution in [2.45, 2.75) is 40.2 Å². The fourth-order valence-corrected chi connectivity index (χ4v) is 1.51. The Hall–Kier alpha value is -0.0800. The van der Waals surface area contributed by atoms with Crippen molar-refractivity contribution >= 4 is 0 Å². The Kier molecular flexibility index (Phi) is 5.51. The Labute approximate surface area is 75.6 Å². The Balaban J connectivity index is 3.78. The first-order valence-corrected chi connectivity index (χ1v) is 4.78. The molecule has 0 aromatic rings. The monoisotopic (exact) mass is 174 g/mol. The summed E-state index contributed by atoms with van der Waals surface area (Å²) in [5, 5.41) is 18.5. The topological polar surface area (TPSA) is 40.5 Å². The van der Waals surface area contributed by atoms with Gasteiger partial charge < -0.3 is 10.2 Å². The Morgan fingerprint density at radius 2 is 1.58 bits per heavy atom. The van der Waals surface area contributed by atoms with E-state index in [1.165, 1.54) is 0 Å². The van der Waals surface area contributed by atoms with E-state index in [1.54, 1.807) is 0 Å². The summed E-state index contributed by atoms with van der Waals surface area (Å²) in [5.41, 5.74) is 0. The molecular formula is C10H22O2. The van der Waals surface area contributed by atoms with Crippen molar-refractivity contribution < 1.29 is 10.2 Å². The lowest BCUT2D eigenvalue weighted by molar-refractivity contribution is 0.0562. The molecule has 0 aliphatic heterocycles. The summed E-state index contributed by atoms with van der Waals surface area (Å²) in [6, 6.07) is 0. The molecule has 2 heteroatoms. The van der Waals surface area contributed by atoms with Crippen LogP contribution in [-0.4, -0.2) is 22.9 Å². The van der Waals surface area contributed by atoms with Gasteiger partial charge in [0.2, 0.25) is 0 Å². The van der Waals surface area contributed by atoms with Gasteiger partial charge in [-0.25, -0.2) is 0 Å². The van der Waals surface area contributed by atoms with Crippen molar-refractivity contribution in [3.63, 3.8) is 0 Å². The van der Waals surface area contributed by atoms with Crippen molar-refractivity contribution in [2.24, 2.45) is 17.8 Å². The van der Waals surface area contributed by atoms with E-state index in [-0.39, 0.29) is 18.6 Å². The van der Waals surface area contributed by atoms with Crippen LogP contribution in [0.15, 0.2) is 0 Å². The van der Waals surface area contributed by atoms with Gasteiger partial charge in [0.15, 0.2) is 0 Å². The summed E-state index contributed by atoms with van der Waals surface area (Å²) < 4.78 is 0. The molecule has 0 aliphatic carbocycles. The van der Waals surface area contributed by atoms with Crippen molar-refractivity contribution in [1.29, 1.82) is 0 Å². The molecule has 2 N–H and O–H groups in total. The lowest BCUT2D eigenvalue weighted by atomic mass is 9.88. The van der Waals surface area contributed by atoms with Gasteiger partial charge in [-0.1, -0.05) is 27.7 Å². The smallest absolute Gasteiger partial charge is 0.0588 e. The van der Waals surface area contributed by atoms with E-state index in [0.29, 0.717) is 11.8 Å². The second-order valence-electron chi connectivity index (χ2n) is 4.24. The molecule has 0 fully saturated rings. The minimum absolute atomic E-state index is 0.217. The van der Waals surface area contributed by atoms with Crippen LogP contribution in [0.25, 0.3) is 0 Å². The lowest BCUT2D eigenvalue weighted by Crippen LogP contribution is -2.25. The van der Waals surface area contributed by atoms with Crippen molar-refractivity contribution in [3.05, 3.63) is 0 Å². The van der Waals surface area contributed by atoms with Crippen molar-refractivity contribution in [1.82, 2.24) is 0 Å². The predicted octanol–water partition coefficient (Wildman–Crippen LogP) is 1.66.